The van der Waals surface area contributed by atoms with E-state index in [0.29, 0.717) is 43.3 Å². The molecule has 0 aromatic heterocycles. The summed E-state index contributed by atoms with van der Waals surface area (Å²) >= 11 is 0. The summed E-state index contributed by atoms with van der Waals surface area (Å²) in [6, 6.07) is 21.9. The molecule has 0 aliphatic carbocycles. The first-order valence-electron chi connectivity index (χ1n) is 10.6. The Balaban J connectivity index is 1.25. The van der Waals surface area contributed by atoms with Crippen LogP contribution in [0.1, 0.15) is 5.56 Å². The van der Waals surface area contributed by atoms with Crippen molar-refractivity contribution in [2.75, 3.05) is 42.9 Å². The number of carbonyl (C=O) groups is 1. The normalized spacial score (nSPS) is 14.7. The summed E-state index contributed by atoms with van der Waals surface area (Å²) in [5.74, 6) is 1.27. The molecule has 0 bridgehead atoms. The van der Waals surface area contributed by atoms with E-state index in [1.165, 1.54) is 12.1 Å². The third-order valence-electron chi connectivity index (χ3n) is 5.40. The zero-order chi connectivity index (χ0) is 23.3. The molecule has 0 spiro atoms. The number of halogens is 3. The molecule has 0 radical (unpaired) electrons. The molecule has 1 aliphatic heterocycles. The standard InChI is InChI=1S/C25H24F3N3O2/c26-25(27,28)19-5-4-6-21(17-19)31-15-13-30(14-16-31)18-24(32)29-20-9-11-23(12-10-20)33-22-7-2-1-3-8-22/h1-12,17H,13-16,18H2,(H,29,32). The third-order valence-corrected chi connectivity index (χ3v) is 5.40. The minimum absolute atomic E-state index is 0.140. The molecule has 3 aromatic rings. The quantitative estimate of drug-likeness (QED) is 0.551. The second-order valence-electron chi connectivity index (χ2n) is 7.80. The van der Waals surface area contributed by atoms with E-state index in [4.69, 9.17) is 4.74 Å². The van der Waals surface area contributed by atoms with Crippen molar-refractivity contribution in [3.8, 4) is 11.5 Å². The number of ether oxygens (including phenoxy) is 1. The zero-order valence-corrected chi connectivity index (χ0v) is 17.9. The van der Waals surface area contributed by atoms with Crippen molar-refractivity contribution in [1.29, 1.82) is 0 Å². The van der Waals surface area contributed by atoms with Crippen LogP contribution in [0.2, 0.25) is 0 Å². The predicted octanol–water partition coefficient (Wildman–Crippen LogP) is 5.26. The van der Waals surface area contributed by atoms with Crippen LogP contribution in [0.15, 0.2) is 78.9 Å². The van der Waals surface area contributed by atoms with E-state index in [0.717, 1.165) is 11.8 Å². The van der Waals surface area contributed by atoms with Gasteiger partial charge >= 0.3 is 6.18 Å². The van der Waals surface area contributed by atoms with E-state index in [1.807, 2.05) is 40.1 Å². The van der Waals surface area contributed by atoms with Gasteiger partial charge in [-0.15, -0.1) is 0 Å². The molecule has 0 atom stereocenters. The average Bonchev–Trinajstić information content (AvgIpc) is 2.81. The molecule has 1 N–H and O–H groups in total. The van der Waals surface area contributed by atoms with Crippen LogP contribution in [0, 0.1) is 0 Å². The molecule has 33 heavy (non-hydrogen) atoms. The van der Waals surface area contributed by atoms with Gasteiger partial charge in [-0.2, -0.15) is 13.2 Å². The van der Waals surface area contributed by atoms with E-state index in [-0.39, 0.29) is 12.5 Å². The lowest BCUT2D eigenvalue weighted by Crippen LogP contribution is -2.48. The molecule has 1 saturated heterocycles. The number of nitrogens with zero attached hydrogens (tertiary/aromatic N) is 2. The summed E-state index contributed by atoms with van der Waals surface area (Å²) in [5.41, 5.74) is 0.566. The van der Waals surface area contributed by atoms with Crippen LogP contribution >= 0.6 is 0 Å². The van der Waals surface area contributed by atoms with Gasteiger partial charge in [0.25, 0.3) is 0 Å². The molecule has 5 nitrogen and oxygen atoms in total. The lowest BCUT2D eigenvalue weighted by molar-refractivity contribution is -0.137. The van der Waals surface area contributed by atoms with Crippen molar-refractivity contribution in [3.63, 3.8) is 0 Å². The predicted molar refractivity (Wildman–Crippen MR) is 122 cm³/mol. The molecule has 1 amide bonds. The number of benzene rings is 3. The number of para-hydroxylation sites is 1. The molecular formula is C25H24F3N3O2. The van der Waals surface area contributed by atoms with Crippen molar-refractivity contribution in [1.82, 2.24) is 4.90 Å². The maximum atomic E-state index is 13.0. The van der Waals surface area contributed by atoms with Gasteiger partial charge < -0.3 is 15.0 Å². The Labute approximate surface area is 190 Å². The lowest BCUT2D eigenvalue weighted by atomic mass is 10.1. The average molecular weight is 455 g/mol. The second-order valence-corrected chi connectivity index (χ2v) is 7.80. The highest BCUT2D eigenvalue weighted by Crippen LogP contribution is 2.32. The molecule has 0 unspecified atom stereocenters. The van der Waals surface area contributed by atoms with Gasteiger partial charge in [-0.3, -0.25) is 9.69 Å². The van der Waals surface area contributed by atoms with Crippen molar-refractivity contribution in [2.45, 2.75) is 6.18 Å². The topological polar surface area (TPSA) is 44.8 Å². The maximum absolute atomic E-state index is 13.0. The Morgan fingerprint density at radius 1 is 0.848 bits per heavy atom. The fourth-order valence-electron chi connectivity index (χ4n) is 3.68. The number of nitrogens with one attached hydrogen (secondary N) is 1. The Morgan fingerprint density at radius 2 is 1.52 bits per heavy atom. The van der Waals surface area contributed by atoms with Gasteiger partial charge in [-0.1, -0.05) is 24.3 Å². The molecule has 172 valence electrons. The highest BCUT2D eigenvalue weighted by molar-refractivity contribution is 5.92. The van der Waals surface area contributed by atoms with Crippen LogP contribution < -0.4 is 15.0 Å². The van der Waals surface area contributed by atoms with Crippen LogP contribution in [-0.2, 0) is 11.0 Å². The summed E-state index contributed by atoms with van der Waals surface area (Å²) in [6.45, 7) is 2.51. The van der Waals surface area contributed by atoms with Crippen molar-refractivity contribution in [3.05, 3.63) is 84.4 Å². The van der Waals surface area contributed by atoms with Crippen LogP contribution in [-0.4, -0.2) is 43.5 Å². The Bertz CT molecular complexity index is 1060. The maximum Gasteiger partial charge on any atom is 0.416 e. The van der Waals surface area contributed by atoms with Crippen molar-refractivity contribution < 1.29 is 22.7 Å². The SMILES string of the molecule is O=C(CN1CCN(c2cccc(C(F)(F)F)c2)CC1)Nc1ccc(Oc2ccccc2)cc1. The van der Waals surface area contributed by atoms with E-state index in [9.17, 15) is 18.0 Å². The van der Waals surface area contributed by atoms with Gasteiger partial charge in [0.2, 0.25) is 5.91 Å². The first-order chi connectivity index (χ1) is 15.9. The van der Waals surface area contributed by atoms with Crippen LogP contribution in [0.4, 0.5) is 24.5 Å². The molecule has 8 heteroatoms. The largest absolute Gasteiger partial charge is 0.457 e. The highest BCUT2D eigenvalue weighted by Gasteiger charge is 2.31. The van der Waals surface area contributed by atoms with Gasteiger partial charge in [0.15, 0.2) is 0 Å². The smallest absolute Gasteiger partial charge is 0.416 e. The summed E-state index contributed by atoms with van der Waals surface area (Å²) < 4.78 is 44.6. The Kier molecular flexibility index (Phi) is 6.84. The van der Waals surface area contributed by atoms with Gasteiger partial charge in [0.05, 0.1) is 12.1 Å². The molecular weight excluding hydrogens is 431 g/mol. The first kappa shape index (κ1) is 22.7. The summed E-state index contributed by atoms with van der Waals surface area (Å²) in [5, 5.41) is 2.87. The highest BCUT2D eigenvalue weighted by atomic mass is 19.4. The van der Waals surface area contributed by atoms with Crippen molar-refractivity contribution >= 4 is 17.3 Å². The monoisotopic (exact) mass is 455 g/mol. The molecule has 0 saturated carbocycles. The van der Waals surface area contributed by atoms with Gasteiger partial charge in [-0.25, -0.2) is 0 Å². The number of hydrogen-bond donors (Lipinski definition) is 1. The molecule has 1 fully saturated rings. The number of piperazine rings is 1. The molecule has 1 aliphatic rings. The summed E-state index contributed by atoms with van der Waals surface area (Å²) in [6.07, 6.45) is -4.36. The van der Waals surface area contributed by atoms with Crippen LogP contribution in [0.25, 0.3) is 0 Å². The zero-order valence-electron chi connectivity index (χ0n) is 17.9. The van der Waals surface area contributed by atoms with Gasteiger partial charge in [0.1, 0.15) is 11.5 Å². The van der Waals surface area contributed by atoms with Crippen molar-refractivity contribution in [2.24, 2.45) is 0 Å². The third kappa shape index (κ3) is 6.26. The minimum Gasteiger partial charge on any atom is -0.457 e. The number of anilines is 2. The fraction of sp³-hybridized carbons (Fsp3) is 0.240. The molecule has 4 rings (SSSR count). The molecule has 1 heterocycles. The first-order valence-corrected chi connectivity index (χ1v) is 10.6. The van der Waals surface area contributed by atoms with Gasteiger partial charge in [0, 0.05) is 37.6 Å². The Hall–Kier alpha value is -3.52. The van der Waals surface area contributed by atoms with E-state index in [1.54, 1.807) is 30.3 Å². The number of amides is 1. The number of rotatable bonds is 6. The summed E-state index contributed by atoms with van der Waals surface area (Å²) in [7, 11) is 0. The number of hydrogen-bond acceptors (Lipinski definition) is 4. The van der Waals surface area contributed by atoms with Crippen LogP contribution in [0.3, 0.4) is 0 Å². The lowest BCUT2D eigenvalue weighted by Gasteiger charge is -2.36. The minimum atomic E-state index is -4.36. The number of alkyl halides is 3. The van der Waals surface area contributed by atoms with E-state index < -0.39 is 11.7 Å². The summed E-state index contributed by atoms with van der Waals surface area (Å²) in [4.78, 5) is 16.3. The number of carbonyl (C=O) groups excluding carboxylic acids is 1. The Morgan fingerprint density at radius 3 is 2.18 bits per heavy atom. The second kappa shape index (κ2) is 9.95. The van der Waals surface area contributed by atoms with E-state index in [2.05, 4.69) is 5.32 Å². The van der Waals surface area contributed by atoms with E-state index >= 15 is 0 Å². The fourth-order valence-corrected chi connectivity index (χ4v) is 3.68. The van der Waals surface area contributed by atoms with Gasteiger partial charge in [-0.05, 0) is 54.6 Å². The van der Waals surface area contributed by atoms with Crippen LogP contribution in [0.5, 0.6) is 11.5 Å². The molecule has 3 aromatic carbocycles.